The lowest BCUT2D eigenvalue weighted by molar-refractivity contribution is -0.137. The highest BCUT2D eigenvalue weighted by molar-refractivity contribution is 5.94. The van der Waals surface area contributed by atoms with Crippen LogP contribution < -0.4 is 5.32 Å². The van der Waals surface area contributed by atoms with Crippen LogP contribution in [0.5, 0.6) is 0 Å². The number of carbonyl (C=O) groups excluding carboxylic acids is 2. The van der Waals surface area contributed by atoms with Gasteiger partial charge in [0.1, 0.15) is 0 Å². The van der Waals surface area contributed by atoms with Crippen molar-refractivity contribution in [1.82, 2.24) is 10.2 Å². The molecule has 0 spiro atoms. The van der Waals surface area contributed by atoms with E-state index in [9.17, 15) is 14.4 Å². The molecule has 0 bridgehead atoms. The van der Waals surface area contributed by atoms with Crippen LogP contribution in [0, 0.1) is 0 Å². The van der Waals surface area contributed by atoms with Crippen molar-refractivity contribution in [2.24, 2.45) is 0 Å². The van der Waals surface area contributed by atoms with Gasteiger partial charge in [-0.25, -0.2) is 0 Å². The number of carboxylic acids is 1. The molecule has 0 saturated heterocycles. The molecule has 0 radical (unpaired) electrons. The number of aliphatic carboxylic acids is 1. The molecule has 0 aliphatic heterocycles. The van der Waals surface area contributed by atoms with Crippen molar-refractivity contribution in [3.8, 4) is 0 Å². The van der Waals surface area contributed by atoms with E-state index in [0.29, 0.717) is 13.0 Å². The smallest absolute Gasteiger partial charge is 0.303 e. The van der Waals surface area contributed by atoms with E-state index in [4.69, 9.17) is 9.52 Å². The van der Waals surface area contributed by atoms with Crippen LogP contribution in [-0.4, -0.2) is 47.9 Å². The lowest BCUT2D eigenvalue weighted by Gasteiger charge is -2.15. The van der Waals surface area contributed by atoms with Gasteiger partial charge in [0, 0.05) is 20.0 Å². The van der Waals surface area contributed by atoms with E-state index < -0.39 is 5.97 Å². The minimum absolute atomic E-state index is 0.0470. The number of likely N-dealkylation sites (N-methyl/N-ethyl adjacent to an activating group) is 1. The van der Waals surface area contributed by atoms with E-state index in [1.54, 1.807) is 12.1 Å². The van der Waals surface area contributed by atoms with Crippen LogP contribution >= 0.6 is 0 Å². The number of carboxylic acid groups (broad SMARTS) is 1. The molecule has 0 aliphatic carbocycles. The van der Waals surface area contributed by atoms with Gasteiger partial charge in [0.2, 0.25) is 5.91 Å². The molecule has 2 N–H and O–H groups in total. The van der Waals surface area contributed by atoms with Gasteiger partial charge in [0.25, 0.3) is 5.91 Å². The summed E-state index contributed by atoms with van der Waals surface area (Å²) < 4.78 is 4.97. The van der Waals surface area contributed by atoms with E-state index in [-0.39, 0.29) is 30.5 Å². The first-order valence-corrected chi connectivity index (χ1v) is 6.78. The first kappa shape index (κ1) is 16.7. The van der Waals surface area contributed by atoms with Crippen LogP contribution in [0.25, 0.3) is 0 Å². The first-order chi connectivity index (χ1) is 10.0. The van der Waals surface area contributed by atoms with E-state index in [2.05, 4.69) is 5.32 Å². The number of nitrogens with one attached hydrogen (secondary N) is 1. The van der Waals surface area contributed by atoms with Crippen LogP contribution in [0.4, 0.5) is 0 Å². The standard InChI is InChI=1S/C14H20N2O5/c1-16(14(20)11-6-5-9-21-11)10-12(17)15-8-4-2-3-7-13(18)19/h5-6,9H,2-4,7-8,10H2,1H3,(H,15,17)(H,18,19). The van der Waals surface area contributed by atoms with E-state index in [1.165, 1.54) is 18.2 Å². The van der Waals surface area contributed by atoms with Crippen molar-refractivity contribution in [2.45, 2.75) is 25.7 Å². The van der Waals surface area contributed by atoms with Crippen molar-refractivity contribution < 1.29 is 23.9 Å². The maximum atomic E-state index is 11.8. The lowest BCUT2D eigenvalue weighted by Crippen LogP contribution is -2.38. The Hall–Kier alpha value is -2.31. The van der Waals surface area contributed by atoms with Crippen LogP contribution in [-0.2, 0) is 9.59 Å². The summed E-state index contributed by atoms with van der Waals surface area (Å²) in [5.41, 5.74) is 0. The van der Waals surface area contributed by atoms with Crippen LogP contribution in [0.15, 0.2) is 22.8 Å². The van der Waals surface area contributed by atoms with Gasteiger partial charge in [-0.3, -0.25) is 14.4 Å². The number of nitrogens with zero attached hydrogens (tertiary/aromatic N) is 1. The van der Waals surface area contributed by atoms with Gasteiger partial charge in [-0.2, -0.15) is 0 Å². The minimum Gasteiger partial charge on any atom is -0.481 e. The van der Waals surface area contributed by atoms with Crippen molar-refractivity contribution in [3.63, 3.8) is 0 Å². The fourth-order valence-electron chi connectivity index (χ4n) is 1.74. The van der Waals surface area contributed by atoms with Gasteiger partial charge in [-0.05, 0) is 25.0 Å². The Balaban J connectivity index is 2.15. The molecule has 7 heteroatoms. The third-order valence-electron chi connectivity index (χ3n) is 2.85. The number of furan rings is 1. The van der Waals surface area contributed by atoms with Gasteiger partial charge in [-0.1, -0.05) is 6.42 Å². The van der Waals surface area contributed by atoms with Crippen molar-refractivity contribution >= 4 is 17.8 Å². The summed E-state index contributed by atoms with van der Waals surface area (Å²) in [6.45, 7) is 0.426. The maximum absolute atomic E-state index is 11.8. The molecule has 116 valence electrons. The molecular weight excluding hydrogens is 276 g/mol. The Morgan fingerprint density at radius 1 is 1.29 bits per heavy atom. The number of carbonyl (C=O) groups is 3. The molecule has 2 amide bonds. The summed E-state index contributed by atoms with van der Waals surface area (Å²) in [4.78, 5) is 35.0. The molecule has 1 heterocycles. The molecule has 1 aromatic rings. The number of amides is 2. The normalized spacial score (nSPS) is 10.1. The molecule has 0 unspecified atom stereocenters. The second-order valence-electron chi connectivity index (χ2n) is 4.69. The summed E-state index contributed by atoms with van der Waals surface area (Å²) in [5.74, 6) is -1.22. The Morgan fingerprint density at radius 2 is 2.05 bits per heavy atom. The molecule has 1 rings (SSSR count). The number of unbranched alkanes of at least 4 members (excludes halogenated alkanes) is 2. The Kier molecular flexibility index (Phi) is 7.00. The Labute approximate surface area is 122 Å². The molecule has 21 heavy (non-hydrogen) atoms. The zero-order valence-electron chi connectivity index (χ0n) is 12.0. The summed E-state index contributed by atoms with van der Waals surface area (Å²) in [6, 6.07) is 3.15. The third kappa shape index (κ3) is 6.60. The van der Waals surface area contributed by atoms with Crippen molar-refractivity contribution in [1.29, 1.82) is 0 Å². The zero-order valence-corrected chi connectivity index (χ0v) is 12.0. The topological polar surface area (TPSA) is 99.9 Å². The summed E-state index contributed by atoms with van der Waals surface area (Å²) in [5, 5.41) is 11.2. The Bertz CT molecular complexity index is 470. The van der Waals surface area contributed by atoms with Gasteiger partial charge >= 0.3 is 5.97 Å². The fourth-order valence-corrected chi connectivity index (χ4v) is 1.74. The second kappa shape index (κ2) is 8.78. The molecule has 0 atom stereocenters. The largest absolute Gasteiger partial charge is 0.481 e. The predicted molar refractivity (Wildman–Crippen MR) is 74.8 cm³/mol. The summed E-state index contributed by atoms with van der Waals surface area (Å²) in [6.07, 6.45) is 3.61. The van der Waals surface area contributed by atoms with E-state index in [1.807, 2.05) is 0 Å². The minimum atomic E-state index is -0.808. The SMILES string of the molecule is CN(CC(=O)NCCCCCC(=O)O)C(=O)c1ccco1. The van der Waals surface area contributed by atoms with E-state index >= 15 is 0 Å². The monoisotopic (exact) mass is 296 g/mol. The van der Waals surface area contributed by atoms with Gasteiger partial charge < -0.3 is 19.7 Å². The molecule has 0 fully saturated rings. The van der Waals surface area contributed by atoms with E-state index in [0.717, 1.165) is 12.8 Å². The van der Waals surface area contributed by atoms with Crippen LogP contribution in [0.1, 0.15) is 36.2 Å². The van der Waals surface area contributed by atoms with Crippen LogP contribution in [0.2, 0.25) is 0 Å². The fraction of sp³-hybridized carbons (Fsp3) is 0.500. The van der Waals surface area contributed by atoms with Crippen LogP contribution in [0.3, 0.4) is 0 Å². The summed E-state index contributed by atoms with van der Waals surface area (Å²) in [7, 11) is 1.53. The quantitative estimate of drug-likeness (QED) is 0.665. The lowest BCUT2D eigenvalue weighted by atomic mass is 10.2. The molecular formula is C14H20N2O5. The molecule has 0 saturated carbocycles. The second-order valence-corrected chi connectivity index (χ2v) is 4.69. The highest BCUT2D eigenvalue weighted by Crippen LogP contribution is 2.03. The molecule has 0 aliphatic rings. The average Bonchev–Trinajstić information content (AvgIpc) is 2.95. The van der Waals surface area contributed by atoms with Crippen molar-refractivity contribution in [3.05, 3.63) is 24.2 Å². The molecule has 0 aromatic carbocycles. The number of hydrogen-bond acceptors (Lipinski definition) is 4. The zero-order chi connectivity index (χ0) is 15.7. The average molecular weight is 296 g/mol. The first-order valence-electron chi connectivity index (χ1n) is 6.78. The van der Waals surface area contributed by atoms with Crippen molar-refractivity contribution in [2.75, 3.05) is 20.1 Å². The number of hydrogen-bond donors (Lipinski definition) is 2. The summed E-state index contributed by atoms with van der Waals surface area (Å²) >= 11 is 0. The third-order valence-corrected chi connectivity index (χ3v) is 2.85. The van der Waals surface area contributed by atoms with Gasteiger partial charge in [0.05, 0.1) is 12.8 Å². The molecule has 1 aromatic heterocycles. The highest BCUT2D eigenvalue weighted by Gasteiger charge is 2.16. The van der Waals surface area contributed by atoms with Gasteiger partial charge in [0.15, 0.2) is 5.76 Å². The maximum Gasteiger partial charge on any atom is 0.303 e. The Morgan fingerprint density at radius 3 is 2.67 bits per heavy atom. The predicted octanol–water partition coefficient (Wildman–Crippen LogP) is 1.11. The number of rotatable bonds is 9. The van der Waals surface area contributed by atoms with Gasteiger partial charge in [-0.15, -0.1) is 0 Å². The molecule has 7 nitrogen and oxygen atoms in total. The highest BCUT2D eigenvalue weighted by atomic mass is 16.4.